The monoisotopic (exact) mass is 152 g/mol. The third-order valence-electron chi connectivity index (χ3n) is 1.56. The zero-order valence-corrected chi connectivity index (χ0v) is 8.64. The Morgan fingerprint density at radius 2 is 2.10 bits per heavy atom. The summed E-state index contributed by atoms with van der Waals surface area (Å²) in [5.41, 5.74) is 1.21. The van der Waals surface area contributed by atoms with E-state index in [1.807, 2.05) is 0 Å². The Bertz CT molecular complexity index is 233. The maximum absolute atomic E-state index is 5.15. The van der Waals surface area contributed by atoms with Crippen LogP contribution in [-0.4, -0.2) is 17.4 Å². The molecule has 1 nitrogen and oxygen atoms in total. The van der Waals surface area contributed by atoms with Crippen LogP contribution in [0.1, 0.15) is 5.56 Å². The van der Waals surface area contributed by atoms with Gasteiger partial charge in [-0.2, -0.15) is 0 Å². The van der Waals surface area contributed by atoms with E-state index in [0.29, 0.717) is 0 Å². The number of ether oxygens (including phenoxy) is 1. The van der Waals surface area contributed by atoms with E-state index >= 15 is 0 Å². The fourth-order valence-electron chi connectivity index (χ4n) is 0.927. The van der Waals surface area contributed by atoms with Crippen molar-refractivity contribution in [3.05, 3.63) is 23.8 Å². The fourth-order valence-corrected chi connectivity index (χ4v) is 1.36. The van der Waals surface area contributed by atoms with Crippen molar-refractivity contribution in [2.45, 2.75) is 6.92 Å². The number of benzene rings is 1. The maximum atomic E-state index is 5.15. The Morgan fingerprint density at radius 1 is 1.40 bits per heavy atom. The molecule has 1 aromatic carbocycles. The van der Waals surface area contributed by atoms with Crippen molar-refractivity contribution in [1.29, 1.82) is 0 Å². The molecule has 1 rings (SSSR count). The van der Waals surface area contributed by atoms with Crippen molar-refractivity contribution >= 4 is 15.4 Å². The number of aryl methyl sites for hydroxylation is 1. The molecule has 0 unspecified atom stereocenters. The van der Waals surface area contributed by atoms with Crippen LogP contribution in [0.5, 0.6) is 5.75 Å². The Labute approximate surface area is 64.4 Å². The number of rotatable bonds is 1. The van der Waals surface area contributed by atoms with Gasteiger partial charge in [0, 0.05) is 10.2 Å². The molecule has 0 atom stereocenters. The highest BCUT2D eigenvalue weighted by molar-refractivity contribution is 6.32. The minimum Gasteiger partial charge on any atom is -0.496 e. The topological polar surface area (TPSA) is 9.23 Å². The van der Waals surface area contributed by atoms with Gasteiger partial charge in [-0.25, -0.2) is 0 Å². The smallest absolute Gasteiger partial charge is 0.121 e. The molecule has 1 aromatic rings. The summed E-state index contributed by atoms with van der Waals surface area (Å²) in [4.78, 5) is 0. The van der Waals surface area contributed by atoms with Crippen molar-refractivity contribution in [3.63, 3.8) is 0 Å². The normalized spacial score (nSPS) is 9.80. The predicted molar refractivity (Wildman–Crippen MR) is 47.3 cm³/mol. The maximum Gasteiger partial charge on any atom is 0.121 e. The lowest BCUT2D eigenvalue weighted by Gasteiger charge is -2.03. The average Bonchev–Trinajstić information content (AvgIpc) is 1.94. The predicted octanol–water partition coefficient (Wildman–Crippen LogP) is -0.00568. The summed E-state index contributed by atoms with van der Waals surface area (Å²) in [6.45, 7) is 2.06. The molecule has 0 amide bonds. The largest absolute Gasteiger partial charge is 0.496 e. The first kappa shape index (κ1) is 7.35. The first-order chi connectivity index (χ1) is 4.74. The van der Waals surface area contributed by atoms with Crippen LogP contribution in [0, 0.1) is 6.92 Å². The summed E-state index contributed by atoms with van der Waals surface area (Å²) < 4.78 is 5.15. The van der Waals surface area contributed by atoms with Gasteiger partial charge in [0.15, 0.2) is 0 Å². The van der Waals surface area contributed by atoms with Crippen molar-refractivity contribution in [1.82, 2.24) is 0 Å². The molecular weight excluding hydrogens is 140 g/mol. The first-order valence-electron chi connectivity index (χ1n) is 3.35. The zero-order chi connectivity index (χ0) is 7.56. The lowest BCUT2D eigenvalue weighted by Crippen LogP contribution is -2.02. The summed E-state index contributed by atoms with van der Waals surface area (Å²) >= 11 is 0. The van der Waals surface area contributed by atoms with Crippen molar-refractivity contribution in [2.24, 2.45) is 0 Å². The average molecular weight is 152 g/mol. The zero-order valence-electron chi connectivity index (χ0n) is 6.64. The summed E-state index contributed by atoms with van der Waals surface area (Å²) in [6.07, 6.45) is 0. The van der Waals surface area contributed by atoms with Gasteiger partial charge in [0.2, 0.25) is 0 Å². The molecule has 0 radical (unpaired) electrons. The van der Waals surface area contributed by atoms with E-state index in [0.717, 1.165) is 16.0 Å². The molecule has 0 aliphatic rings. The second kappa shape index (κ2) is 2.88. The molecule has 0 spiro atoms. The van der Waals surface area contributed by atoms with Crippen molar-refractivity contribution in [2.75, 3.05) is 7.11 Å². The second-order valence-electron chi connectivity index (χ2n) is 2.47. The second-order valence-corrected chi connectivity index (χ2v) is 3.63. The van der Waals surface area contributed by atoms with Gasteiger partial charge in [0.25, 0.3) is 0 Å². The molecule has 0 saturated carbocycles. The highest BCUT2D eigenvalue weighted by Gasteiger charge is 1.94. The quantitative estimate of drug-likeness (QED) is 0.515. The van der Waals surface area contributed by atoms with E-state index < -0.39 is 0 Å². The van der Waals surface area contributed by atoms with Crippen LogP contribution in [-0.2, 0) is 0 Å². The van der Waals surface area contributed by atoms with E-state index in [1.54, 1.807) is 7.11 Å². The molecule has 0 aliphatic carbocycles. The molecule has 54 valence electrons. The molecule has 2 heteroatoms. The molecule has 0 saturated heterocycles. The van der Waals surface area contributed by atoms with Gasteiger partial charge >= 0.3 is 0 Å². The van der Waals surface area contributed by atoms with Crippen molar-refractivity contribution in [3.8, 4) is 5.75 Å². The van der Waals surface area contributed by atoms with E-state index in [9.17, 15) is 0 Å². The van der Waals surface area contributed by atoms with Gasteiger partial charge in [0.1, 0.15) is 5.75 Å². The molecule has 0 N–H and O–H groups in total. The van der Waals surface area contributed by atoms with E-state index in [1.165, 1.54) is 10.8 Å². The molecule has 0 aromatic heterocycles. The van der Waals surface area contributed by atoms with Crippen LogP contribution in [0.25, 0.3) is 0 Å². The third kappa shape index (κ3) is 1.39. The number of hydrogen-bond donors (Lipinski definition) is 0. The van der Waals surface area contributed by atoms with Gasteiger partial charge in [0.05, 0.1) is 7.11 Å². The van der Waals surface area contributed by atoms with Crippen LogP contribution in [0.3, 0.4) is 0 Å². The summed E-state index contributed by atoms with van der Waals surface area (Å²) in [5.74, 6) is 1.01. The molecule has 0 aliphatic heterocycles. The highest BCUT2D eigenvalue weighted by Crippen LogP contribution is 2.13. The summed E-state index contributed by atoms with van der Waals surface area (Å²) in [7, 11) is 2.81. The van der Waals surface area contributed by atoms with Gasteiger partial charge < -0.3 is 4.74 Å². The highest BCUT2D eigenvalue weighted by atomic mass is 28.1. The van der Waals surface area contributed by atoms with Gasteiger partial charge in [-0.05, 0) is 18.6 Å². The number of methoxy groups -OCH3 is 1. The molecule has 0 bridgehead atoms. The summed E-state index contributed by atoms with van der Waals surface area (Å²) in [6, 6.07) is 6.34. The lowest BCUT2D eigenvalue weighted by atomic mass is 10.2. The van der Waals surface area contributed by atoms with Crippen LogP contribution >= 0.6 is 0 Å². The molecular formula is C8H12OSi. The van der Waals surface area contributed by atoms with E-state index in [4.69, 9.17) is 4.74 Å². The van der Waals surface area contributed by atoms with Crippen LogP contribution in [0.15, 0.2) is 18.2 Å². The fraction of sp³-hybridized carbons (Fsp3) is 0.250. The standard InChI is InChI=1S/C8H12OSi/c1-6-3-4-7(10)5-8(6)9-2/h3-5H,1-2,10H3. The lowest BCUT2D eigenvalue weighted by molar-refractivity contribution is 0.412. The van der Waals surface area contributed by atoms with Crippen LogP contribution < -0.4 is 9.92 Å². The summed E-state index contributed by atoms with van der Waals surface area (Å²) in [5, 5.41) is 1.38. The Morgan fingerprint density at radius 3 is 2.60 bits per heavy atom. The Hall–Kier alpha value is -0.763. The van der Waals surface area contributed by atoms with Crippen LogP contribution in [0.2, 0.25) is 0 Å². The van der Waals surface area contributed by atoms with Gasteiger partial charge in [-0.3, -0.25) is 0 Å². The molecule has 10 heavy (non-hydrogen) atoms. The SMILES string of the molecule is COc1cc([SiH3])ccc1C. The Balaban J connectivity index is 3.09. The Kier molecular flexibility index (Phi) is 2.12. The minimum atomic E-state index is 1.01. The van der Waals surface area contributed by atoms with E-state index in [2.05, 4.69) is 25.1 Å². The molecule has 0 heterocycles. The minimum absolute atomic E-state index is 1.01. The molecule has 0 fully saturated rings. The first-order valence-corrected chi connectivity index (χ1v) is 4.35. The number of hydrogen-bond acceptors (Lipinski definition) is 1. The van der Waals surface area contributed by atoms with E-state index in [-0.39, 0.29) is 0 Å². The van der Waals surface area contributed by atoms with Gasteiger partial charge in [-0.1, -0.05) is 17.3 Å². The van der Waals surface area contributed by atoms with Crippen molar-refractivity contribution < 1.29 is 4.74 Å². The van der Waals surface area contributed by atoms with Crippen LogP contribution in [0.4, 0.5) is 0 Å². The van der Waals surface area contributed by atoms with Gasteiger partial charge in [-0.15, -0.1) is 0 Å². The third-order valence-corrected chi connectivity index (χ3v) is 2.19.